The second-order valence-corrected chi connectivity index (χ2v) is 5.81. The van der Waals surface area contributed by atoms with Gasteiger partial charge in [-0.05, 0) is 43.9 Å². The van der Waals surface area contributed by atoms with Crippen LogP contribution >= 0.6 is 0 Å². The van der Waals surface area contributed by atoms with Crippen LogP contribution in [0, 0.1) is 13.8 Å². The van der Waals surface area contributed by atoms with E-state index in [0.29, 0.717) is 0 Å². The fourth-order valence-electron chi connectivity index (χ4n) is 3.36. The quantitative estimate of drug-likeness (QED) is 0.919. The van der Waals surface area contributed by atoms with Crippen molar-refractivity contribution in [2.75, 3.05) is 13.7 Å². The van der Waals surface area contributed by atoms with Gasteiger partial charge >= 0.3 is 0 Å². The van der Waals surface area contributed by atoms with E-state index in [0.717, 1.165) is 12.3 Å². The van der Waals surface area contributed by atoms with E-state index >= 15 is 0 Å². The highest BCUT2D eigenvalue weighted by Gasteiger charge is 2.46. The zero-order valence-electron chi connectivity index (χ0n) is 12.2. The molecule has 0 aliphatic heterocycles. The molecule has 3 heteroatoms. The summed E-state index contributed by atoms with van der Waals surface area (Å²) in [5.41, 5.74) is 11.5. The summed E-state index contributed by atoms with van der Waals surface area (Å²) in [5, 5.41) is 1.35. The van der Waals surface area contributed by atoms with Crippen LogP contribution in [0.15, 0.2) is 12.1 Å². The van der Waals surface area contributed by atoms with Crippen molar-refractivity contribution in [3.8, 4) is 5.75 Å². The number of aromatic nitrogens is 1. The molecule has 0 bridgehead atoms. The van der Waals surface area contributed by atoms with E-state index < -0.39 is 0 Å². The summed E-state index contributed by atoms with van der Waals surface area (Å²) < 4.78 is 7.80. The van der Waals surface area contributed by atoms with E-state index in [2.05, 4.69) is 37.6 Å². The van der Waals surface area contributed by atoms with Crippen molar-refractivity contribution >= 4 is 10.9 Å². The molecule has 102 valence electrons. The van der Waals surface area contributed by atoms with Gasteiger partial charge in [0, 0.05) is 30.1 Å². The third-order valence-corrected chi connectivity index (χ3v) is 4.79. The third kappa shape index (κ3) is 1.54. The van der Waals surface area contributed by atoms with Gasteiger partial charge in [-0.2, -0.15) is 0 Å². The van der Waals surface area contributed by atoms with Crippen LogP contribution in [0.5, 0.6) is 5.75 Å². The van der Waals surface area contributed by atoms with Crippen LogP contribution in [-0.2, 0) is 12.5 Å². The smallest absolute Gasteiger partial charge is 0.143 e. The number of aryl methyl sites for hydroxylation is 2. The van der Waals surface area contributed by atoms with Gasteiger partial charge in [0.1, 0.15) is 5.75 Å². The Balaban J connectivity index is 2.43. The zero-order chi connectivity index (χ0) is 13.8. The number of hydrogen-bond acceptors (Lipinski definition) is 2. The molecule has 1 heterocycles. The summed E-state index contributed by atoms with van der Waals surface area (Å²) in [6.07, 6.45) is 2.42. The van der Waals surface area contributed by atoms with Gasteiger partial charge in [-0.25, -0.2) is 0 Å². The molecule has 1 saturated carbocycles. The minimum Gasteiger partial charge on any atom is -0.495 e. The lowest BCUT2D eigenvalue weighted by Crippen LogP contribution is -2.20. The number of methoxy groups -OCH3 is 1. The summed E-state index contributed by atoms with van der Waals surface area (Å²) in [7, 11) is 3.86. The predicted molar refractivity (Wildman–Crippen MR) is 78.9 cm³/mol. The summed E-state index contributed by atoms with van der Waals surface area (Å²) >= 11 is 0. The Morgan fingerprint density at radius 1 is 1.32 bits per heavy atom. The SMILES string of the molecule is COc1ccc(C)c2c(C3(CN)CC3)c(C)n(C)c12. The maximum Gasteiger partial charge on any atom is 0.143 e. The normalized spacial score (nSPS) is 16.9. The number of nitrogens with two attached hydrogens (primary N) is 1. The Morgan fingerprint density at radius 2 is 2.00 bits per heavy atom. The number of ether oxygens (including phenoxy) is 1. The van der Waals surface area contributed by atoms with Gasteiger partial charge in [0.25, 0.3) is 0 Å². The Morgan fingerprint density at radius 3 is 2.53 bits per heavy atom. The van der Waals surface area contributed by atoms with E-state index in [1.807, 2.05) is 0 Å². The number of benzene rings is 1. The molecule has 2 N–H and O–H groups in total. The fourth-order valence-corrected chi connectivity index (χ4v) is 3.36. The lowest BCUT2D eigenvalue weighted by atomic mass is 9.91. The summed E-state index contributed by atoms with van der Waals surface area (Å²) in [6.45, 7) is 5.12. The van der Waals surface area contributed by atoms with Crippen LogP contribution in [0.4, 0.5) is 0 Å². The van der Waals surface area contributed by atoms with Crippen molar-refractivity contribution < 1.29 is 4.74 Å². The van der Waals surface area contributed by atoms with E-state index in [-0.39, 0.29) is 5.41 Å². The molecule has 2 aromatic rings. The van der Waals surface area contributed by atoms with Crippen molar-refractivity contribution in [2.24, 2.45) is 12.8 Å². The van der Waals surface area contributed by atoms with Gasteiger partial charge in [0.15, 0.2) is 0 Å². The molecule has 0 atom stereocenters. The molecule has 0 unspecified atom stereocenters. The van der Waals surface area contributed by atoms with Gasteiger partial charge in [-0.1, -0.05) is 6.07 Å². The molecule has 0 radical (unpaired) electrons. The van der Waals surface area contributed by atoms with E-state index in [1.165, 1.54) is 40.6 Å². The molecule has 1 aromatic carbocycles. The second-order valence-electron chi connectivity index (χ2n) is 5.81. The van der Waals surface area contributed by atoms with E-state index in [1.54, 1.807) is 7.11 Å². The molecule has 3 nitrogen and oxygen atoms in total. The van der Waals surface area contributed by atoms with Crippen LogP contribution in [0.1, 0.15) is 29.7 Å². The van der Waals surface area contributed by atoms with Crippen molar-refractivity contribution in [2.45, 2.75) is 32.1 Å². The number of hydrogen-bond donors (Lipinski definition) is 1. The fraction of sp³-hybridized carbons (Fsp3) is 0.500. The van der Waals surface area contributed by atoms with Gasteiger partial charge in [0.2, 0.25) is 0 Å². The molecule has 3 rings (SSSR count). The molecule has 0 spiro atoms. The standard InChI is InChI=1S/C16H22N2O/c1-10-5-6-12(19-4)15-13(10)14(11(2)18(15)3)16(9-17)7-8-16/h5-6H,7-9,17H2,1-4H3. The minimum atomic E-state index is 0.209. The maximum atomic E-state index is 6.05. The Hall–Kier alpha value is -1.48. The molecule has 1 fully saturated rings. The van der Waals surface area contributed by atoms with Crippen molar-refractivity contribution in [1.82, 2.24) is 4.57 Å². The van der Waals surface area contributed by atoms with Crippen LogP contribution in [0.3, 0.4) is 0 Å². The van der Waals surface area contributed by atoms with Gasteiger partial charge < -0.3 is 15.0 Å². The second kappa shape index (κ2) is 4.01. The Bertz CT molecular complexity index is 651. The number of fused-ring (bicyclic) bond motifs is 1. The average Bonchev–Trinajstić information content (AvgIpc) is 3.15. The van der Waals surface area contributed by atoms with Crippen molar-refractivity contribution in [3.63, 3.8) is 0 Å². The van der Waals surface area contributed by atoms with E-state index in [9.17, 15) is 0 Å². The van der Waals surface area contributed by atoms with Crippen LogP contribution in [0.2, 0.25) is 0 Å². The number of rotatable bonds is 3. The molecule has 0 saturated heterocycles. The first-order valence-corrected chi connectivity index (χ1v) is 6.89. The molecular formula is C16H22N2O. The van der Waals surface area contributed by atoms with Crippen LogP contribution in [-0.4, -0.2) is 18.2 Å². The highest BCUT2D eigenvalue weighted by atomic mass is 16.5. The first kappa shape index (κ1) is 12.5. The highest BCUT2D eigenvalue weighted by Crippen LogP contribution is 2.52. The highest BCUT2D eigenvalue weighted by molar-refractivity contribution is 5.94. The first-order chi connectivity index (χ1) is 9.05. The monoisotopic (exact) mass is 258 g/mol. The molecule has 1 aliphatic carbocycles. The molecular weight excluding hydrogens is 236 g/mol. The van der Waals surface area contributed by atoms with Crippen molar-refractivity contribution in [3.05, 3.63) is 29.0 Å². The molecule has 1 aliphatic rings. The van der Waals surface area contributed by atoms with Gasteiger partial charge in [-0.3, -0.25) is 0 Å². The van der Waals surface area contributed by atoms with Crippen LogP contribution in [0.25, 0.3) is 10.9 Å². The summed E-state index contributed by atoms with van der Waals surface area (Å²) in [4.78, 5) is 0. The summed E-state index contributed by atoms with van der Waals surface area (Å²) in [5.74, 6) is 0.949. The molecule has 1 aromatic heterocycles. The van der Waals surface area contributed by atoms with Crippen LogP contribution < -0.4 is 10.5 Å². The van der Waals surface area contributed by atoms with Gasteiger partial charge in [-0.15, -0.1) is 0 Å². The van der Waals surface area contributed by atoms with Crippen molar-refractivity contribution in [1.29, 1.82) is 0 Å². The first-order valence-electron chi connectivity index (χ1n) is 6.89. The third-order valence-electron chi connectivity index (χ3n) is 4.79. The Kier molecular flexibility index (Phi) is 2.65. The largest absolute Gasteiger partial charge is 0.495 e. The Labute approximate surface area is 114 Å². The molecule has 0 amide bonds. The maximum absolute atomic E-state index is 6.05. The molecule has 19 heavy (non-hydrogen) atoms. The summed E-state index contributed by atoms with van der Waals surface area (Å²) in [6, 6.07) is 4.21. The van der Waals surface area contributed by atoms with E-state index in [4.69, 9.17) is 10.5 Å². The number of nitrogens with zero attached hydrogens (tertiary/aromatic N) is 1. The zero-order valence-corrected chi connectivity index (χ0v) is 12.2. The lowest BCUT2D eigenvalue weighted by Gasteiger charge is -2.14. The topological polar surface area (TPSA) is 40.2 Å². The average molecular weight is 258 g/mol. The predicted octanol–water partition coefficient (Wildman–Crippen LogP) is 2.79. The minimum absolute atomic E-state index is 0.209. The van der Waals surface area contributed by atoms with Gasteiger partial charge in [0.05, 0.1) is 12.6 Å². The lowest BCUT2D eigenvalue weighted by molar-refractivity contribution is 0.417.